The summed E-state index contributed by atoms with van der Waals surface area (Å²) in [7, 11) is -3.54. The highest BCUT2D eigenvalue weighted by atomic mass is 32.2. The number of rotatable bonds is 8. The topological polar surface area (TPSA) is 83.5 Å². The Morgan fingerprint density at radius 1 is 1.22 bits per heavy atom. The number of amides is 1. The molecule has 0 fully saturated rings. The van der Waals surface area contributed by atoms with Crippen LogP contribution in [0.15, 0.2) is 47.4 Å². The minimum absolute atomic E-state index is 0.111. The van der Waals surface area contributed by atoms with Crippen LogP contribution in [0.4, 0.5) is 10.1 Å². The minimum Gasteiger partial charge on any atom is -0.395 e. The van der Waals surface area contributed by atoms with E-state index >= 15 is 0 Å². The predicted octanol–water partition coefficient (Wildman–Crippen LogP) is 3.11. The Labute approximate surface area is 159 Å². The number of hydrogen-bond donors (Lipinski definition) is 2. The molecule has 0 aliphatic rings. The maximum atomic E-state index is 13.7. The van der Waals surface area contributed by atoms with Gasteiger partial charge >= 0.3 is 0 Å². The van der Waals surface area contributed by atoms with Crippen LogP contribution in [-0.2, 0) is 21.1 Å². The summed E-state index contributed by atoms with van der Waals surface area (Å²) >= 11 is 0. The summed E-state index contributed by atoms with van der Waals surface area (Å²) in [6.07, 6.45) is 0.952. The Balaban J connectivity index is 2.01. The van der Waals surface area contributed by atoms with E-state index in [1.165, 1.54) is 18.2 Å². The second-order valence-electron chi connectivity index (χ2n) is 6.54. The molecule has 0 heterocycles. The van der Waals surface area contributed by atoms with Crippen LogP contribution in [0.5, 0.6) is 0 Å². The molecule has 2 N–H and O–H groups in total. The van der Waals surface area contributed by atoms with E-state index in [0.29, 0.717) is 29.7 Å². The number of anilines is 1. The van der Waals surface area contributed by atoms with Gasteiger partial charge in [-0.15, -0.1) is 0 Å². The maximum Gasteiger partial charge on any atom is 0.227 e. The van der Waals surface area contributed by atoms with Crippen molar-refractivity contribution in [1.29, 1.82) is 0 Å². The van der Waals surface area contributed by atoms with Crippen molar-refractivity contribution >= 4 is 21.4 Å². The molecule has 0 aliphatic heterocycles. The maximum absolute atomic E-state index is 13.7. The van der Waals surface area contributed by atoms with Gasteiger partial charge in [-0.3, -0.25) is 4.79 Å². The molecule has 2 aromatic rings. The fourth-order valence-corrected chi connectivity index (χ4v) is 3.78. The van der Waals surface area contributed by atoms with Crippen molar-refractivity contribution in [2.75, 3.05) is 17.7 Å². The number of aliphatic hydroxyl groups is 1. The Hall–Kier alpha value is -2.25. The zero-order valence-electron chi connectivity index (χ0n) is 15.4. The minimum atomic E-state index is -3.54. The summed E-state index contributed by atoms with van der Waals surface area (Å²) in [5, 5.41) is 11.7. The Morgan fingerprint density at radius 3 is 2.56 bits per heavy atom. The van der Waals surface area contributed by atoms with Gasteiger partial charge in [0.2, 0.25) is 5.91 Å². The molecule has 0 aliphatic carbocycles. The second kappa shape index (κ2) is 9.10. The molecule has 2 aromatic carbocycles. The van der Waals surface area contributed by atoms with Crippen LogP contribution in [0.3, 0.4) is 0 Å². The highest BCUT2D eigenvalue weighted by Gasteiger charge is 2.18. The van der Waals surface area contributed by atoms with Gasteiger partial charge < -0.3 is 10.4 Å². The second-order valence-corrected chi connectivity index (χ2v) is 8.65. The monoisotopic (exact) mass is 393 g/mol. The first-order valence-corrected chi connectivity index (χ1v) is 10.4. The Kier molecular flexibility index (Phi) is 7.10. The first-order valence-electron chi connectivity index (χ1n) is 8.73. The largest absolute Gasteiger partial charge is 0.395 e. The molecule has 5 nitrogen and oxygen atoms in total. The van der Waals surface area contributed by atoms with Gasteiger partial charge in [0.15, 0.2) is 9.84 Å². The molecule has 1 unspecified atom stereocenters. The molecule has 0 bridgehead atoms. The van der Waals surface area contributed by atoms with E-state index in [1.807, 2.05) is 0 Å². The van der Waals surface area contributed by atoms with E-state index in [0.717, 1.165) is 0 Å². The van der Waals surface area contributed by atoms with E-state index < -0.39 is 16.4 Å². The van der Waals surface area contributed by atoms with Crippen LogP contribution in [-0.4, -0.2) is 31.8 Å². The number of aliphatic hydroxyl groups excluding tert-OH is 1. The summed E-state index contributed by atoms with van der Waals surface area (Å²) in [6, 6.07) is 10.9. The molecule has 7 heteroatoms. The van der Waals surface area contributed by atoms with Crippen molar-refractivity contribution in [2.45, 2.75) is 31.6 Å². The third-order valence-corrected chi connectivity index (χ3v) is 6.12. The standard InChI is InChI=1S/C20H24FNO4S/c1-14(7-8-16-5-3-4-6-18(16)21)20(24)22-19-10-9-17(13-15(19)2)27(25,26)12-11-23/h3-6,9-10,13-14,23H,7-8,11-12H2,1-2H3,(H,22,24). The SMILES string of the molecule is Cc1cc(S(=O)(=O)CCO)ccc1NC(=O)C(C)CCc1ccccc1F. The number of nitrogens with one attached hydrogen (secondary N) is 1. The Bertz CT molecular complexity index is 912. The molecule has 146 valence electrons. The summed E-state index contributed by atoms with van der Waals surface area (Å²) in [5.74, 6) is -1.16. The van der Waals surface area contributed by atoms with E-state index in [4.69, 9.17) is 5.11 Å². The third kappa shape index (κ3) is 5.61. The van der Waals surface area contributed by atoms with Crippen LogP contribution in [0, 0.1) is 18.7 Å². The van der Waals surface area contributed by atoms with Gasteiger partial charge in [-0.25, -0.2) is 12.8 Å². The molecule has 2 rings (SSSR count). The van der Waals surface area contributed by atoms with Gasteiger partial charge in [0.1, 0.15) is 5.82 Å². The lowest BCUT2D eigenvalue weighted by molar-refractivity contribution is -0.119. The van der Waals surface area contributed by atoms with Crippen molar-refractivity contribution in [3.05, 3.63) is 59.4 Å². The van der Waals surface area contributed by atoms with Gasteiger partial charge in [-0.1, -0.05) is 25.1 Å². The summed E-state index contributed by atoms with van der Waals surface area (Å²) in [5.41, 5.74) is 1.72. The highest BCUT2D eigenvalue weighted by Crippen LogP contribution is 2.22. The zero-order valence-corrected chi connectivity index (χ0v) is 16.2. The lowest BCUT2D eigenvalue weighted by Gasteiger charge is -2.15. The fourth-order valence-electron chi connectivity index (χ4n) is 2.67. The molecule has 1 atom stereocenters. The molecular formula is C20H24FNO4S. The summed E-state index contributed by atoms with van der Waals surface area (Å²) in [6.45, 7) is 3.03. The van der Waals surface area contributed by atoms with Crippen LogP contribution in [0.1, 0.15) is 24.5 Å². The van der Waals surface area contributed by atoms with Gasteiger partial charge in [0.25, 0.3) is 0 Å². The summed E-state index contributed by atoms with van der Waals surface area (Å²) in [4.78, 5) is 12.5. The lowest BCUT2D eigenvalue weighted by Crippen LogP contribution is -2.21. The Morgan fingerprint density at radius 2 is 1.93 bits per heavy atom. The van der Waals surface area contributed by atoms with Gasteiger partial charge in [0, 0.05) is 11.6 Å². The highest BCUT2D eigenvalue weighted by molar-refractivity contribution is 7.91. The fraction of sp³-hybridized carbons (Fsp3) is 0.350. The van der Waals surface area contributed by atoms with E-state index in [9.17, 15) is 17.6 Å². The van der Waals surface area contributed by atoms with Gasteiger partial charge in [-0.05, 0) is 55.2 Å². The summed E-state index contributed by atoms with van der Waals surface area (Å²) < 4.78 is 37.7. The number of aryl methyl sites for hydroxylation is 2. The van der Waals surface area contributed by atoms with Crippen LogP contribution in [0.2, 0.25) is 0 Å². The van der Waals surface area contributed by atoms with Crippen LogP contribution in [0.25, 0.3) is 0 Å². The van der Waals surface area contributed by atoms with E-state index in [1.54, 1.807) is 38.1 Å². The molecular weight excluding hydrogens is 369 g/mol. The van der Waals surface area contributed by atoms with Crippen LogP contribution >= 0.6 is 0 Å². The third-order valence-electron chi connectivity index (χ3n) is 4.43. The normalized spacial score (nSPS) is 12.6. The number of hydrogen-bond acceptors (Lipinski definition) is 4. The average molecular weight is 393 g/mol. The number of halogens is 1. The van der Waals surface area contributed by atoms with Crippen molar-refractivity contribution in [3.63, 3.8) is 0 Å². The van der Waals surface area contributed by atoms with E-state index in [2.05, 4.69) is 5.32 Å². The smallest absolute Gasteiger partial charge is 0.227 e. The molecule has 1 amide bonds. The molecule has 0 radical (unpaired) electrons. The molecule has 0 saturated heterocycles. The number of carbonyl (C=O) groups is 1. The quantitative estimate of drug-likeness (QED) is 0.722. The average Bonchev–Trinajstić information content (AvgIpc) is 2.62. The predicted molar refractivity (Wildman–Crippen MR) is 103 cm³/mol. The first-order chi connectivity index (χ1) is 12.7. The van der Waals surface area contributed by atoms with Crippen LogP contribution < -0.4 is 5.32 Å². The molecule has 27 heavy (non-hydrogen) atoms. The first kappa shape index (κ1) is 21.1. The molecule has 0 aromatic heterocycles. The van der Waals surface area contributed by atoms with Crippen molar-refractivity contribution in [2.24, 2.45) is 5.92 Å². The van der Waals surface area contributed by atoms with Crippen molar-refractivity contribution < 1.29 is 22.7 Å². The number of benzene rings is 2. The number of sulfone groups is 1. The number of carbonyl (C=O) groups excluding carboxylic acids is 1. The van der Waals surface area contributed by atoms with Crippen molar-refractivity contribution in [3.8, 4) is 0 Å². The van der Waals surface area contributed by atoms with E-state index in [-0.39, 0.29) is 28.3 Å². The molecule has 0 saturated carbocycles. The lowest BCUT2D eigenvalue weighted by atomic mass is 10.00. The van der Waals surface area contributed by atoms with Crippen molar-refractivity contribution in [1.82, 2.24) is 0 Å². The van der Waals surface area contributed by atoms with Gasteiger partial charge in [0.05, 0.1) is 17.3 Å². The zero-order chi connectivity index (χ0) is 20.0. The van der Waals surface area contributed by atoms with Gasteiger partial charge in [-0.2, -0.15) is 0 Å². The molecule has 0 spiro atoms.